The van der Waals surface area contributed by atoms with E-state index in [-0.39, 0.29) is 15.4 Å². The van der Waals surface area contributed by atoms with Gasteiger partial charge in [-0.25, -0.2) is 4.68 Å². The number of nitrogens with one attached hydrogen (secondary N) is 1. The van der Waals surface area contributed by atoms with Crippen LogP contribution >= 0.6 is 11.6 Å². The van der Waals surface area contributed by atoms with E-state index < -0.39 is 18.3 Å². The van der Waals surface area contributed by atoms with Gasteiger partial charge < -0.3 is 10.1 Å². The molecule has 0 aromatic carbocycles. The van der Waals surface area contributed by atoms with E-state index in [4.69, 9.17) is 16.3 Å². The van der Waals surface area contributed by atoms with Crippen molar-refractivity contribution in [2.75, 3.05) is 25.1 Å². The fourth-order valence-electron chi connectivity index (χ4n) is 1.48. The molecule has 0 aliphatic carbocycles. The van der Waals surface area contributed by atoms with Gasteiger partial charge in [0.2, 0.25) is 0 Å². The first-order valence-electron chi connectivity index (χ1n) is 6.49. The van der Waals surface area contributed by atoms with E-state index in [1.807, 2.05) is 6.92 Å². The summed E-state index contributed by atoms with van der Waals surface area (Å²) in [4.78, 5) is 11.6. The first-order chi connectivity index (χ1) is 9.85. The van der Waals surface area contributed by atoms with Crippen molar-refractivity contribution in [1.29, 1.82) is 0 Å². The number of halogens is 4. The third-order valence-electron chi connectivity index (χ3n) is 2.52. The van der Waals surface area contributed by atoms with Gasteiger partial charge >= 0.3 is 6.18 Å². The quantitative estimate of drug-likeness (QED) is 0.746. The lowest BCUT2D eigenvalue weighted by molar-refractivity contribution is -0.143. The van der Waals surface area contributed by atoms with E-state index >= 15 is 0 Å². The lowest BCUT2D eigenvalue weighted by Crippen LogP contribution is -2.31. The highest BCUT2D eigenvalue weighted by Gasteiger charge is 2.29. The maximum absolute atomic E-state index is 12.2. The van der Waals surface area contributed by atoms with Crippen molar-refractivity contribution in [3.63, 3.8) is 0 Å². The number of hydrogen-bond acceptors (Lipinski definition) is 4. The second-order valence-electron chi connectivity index (χ2n) is 4.34. The van der Waals surface area contributed by atoms with Gasteiger partial charge in [-0.15, -0.1) is 0 Å². The van der Waals surface area contributed by atoms with Crippen molar-refractivity contribution in [3.8, 4) is 0 Å². The van der Waals surface area contributed by atoms with Crippen LogP contribution in [0.1, 0.15) is 19.8 Å². The van der Waals surface area contributed by atoms with Crippen molar-refractivity contribution in [1.82, 2.24) is 9.78 Å². The monoisotopic (exact) mass is 327 g/mol. The predicted octanol–water partition coefficient (Wildman–Crippen LogP) is 2.69. The predicted molar refractivity (Wildman–Crippen MR) is 73.8 cm³/mol. The topological polar surface area (TPSA) is 56.1 Å². The fraction of sp³-hybridized carbons (Fsp3) is 0.667. The molecular formula is C12H17ClF3N3O2. The Morgan fingerprint density at radius 2 is 2.14 bits per heavy atom. The third kappa shape index (κ3) is 6.34. The van der Waals surface area contributed by atoms with Crippen LogP contribution in [0.3, 0.4) is 0 Å². The summed E-state index contributed by atoms with van der Waals surface area (Å²) in [7, 11) is 0. The van der Waals surface area contributed by atoms with E-state index in [0.717, 1.165) is 19.0 Å². The van der Waals surface area contributed by atoms with E-state index in [9.17, 15) is 18.0 Å². The highest BCUT2D eigenvalue weighted by molar-refractivity contribution is 6.32. The number of rotatable bonds is 8. The maximum Gasteiger partial charge on any atom is 0.408 e. The van der Waals surface area contributed by atoms with E-state index in [2.05, 4.69) is 10.4 Å². The van der Waals surface area contributed by atoms with Crippen molar-refractivity contribution in [2.45, 2.75) is 32.5 Å². The molecule has 0 aliphatic heterocycles. The van der Waals surface area contributed by atoms with Gasteiger partial charge in [0.15, 0.2) is 0 Å². The summed E-state index contributed by atoms with van der Waals surface area (Å²) in [5.74, 6) is 0. The van der Waals surface area contributed by atoms with Gasteiger partial charge in [0.05, 0.1) is 18.5 Å². The number of aromatic nitrogens is 2. The zero-order chi connectivity index (χ0) is 15.9. The smallest absolute Gasteiger partial charge is 0.380 e. The molecule has 0 bridgehead atoms. The number of hydrogen-bond donors (Lipinski definition) is 1. The molecule has 0 atom stereocenters. The maximum atomic E-state index is 12.2. The third-order valence-corrected chi connectivity index (χ3v) is 2.88. The van der Waals surface area contributed by atoms with Gasteiger partial charge in [-0.3, -0.25) is 4.79 Å². The van der Waals surface area contributed by atoms with Crippen LogP contribution in [0.15, 0.2) is 11.0 Å². The van der Waals surface area contributed by atoms with Crippen molar-refractivity contribution in [3.05, 3.63) is 21.6 Å². The minimum absolute atomic E-state index is 0.194. The molecule has 1 N–H and O–H groups in total. The van der Waals surface area contributed by atoms with Crippen LogP contribution in [0.4, 0.5) is 18.9 Å². The summed E-state index contributed by atoms with van der Waals surface area (Å²) in [5.41, 5.74) is -0.787. The molecule has 0 unspecified atom stereocenters. The van der Waals surface area contributed by atoms with Crippen molar-refractivity contribution in [2.24, 2.45) is 0 Å². The second kappa shape index (κ2) is 8.23. The summed E-state index contributed by atoms with van der Waals surface area (Å²) in [6, 6.07) is 0. The minimum Gasteiger partial charge on any atom is -0.380 e. The van der Waals surface area contributed by atoms with Crippen LogP contribution in [0.5, 0.6) is 0 Å². The first-order valence-corrected chi connectivity index (χ1v) is 6.87. The Morgan fingerprint density at radius 3 is 2.76 bits per heavy atom. The number of ether oxygens (including phenoxy) is 1. The molecule has 9 heteroatoms. The van der Waals surface area contributed by atoms with E-state index in [1.54, 1.807) is 0 Å². The highest BCUT2D eigenvalue weighted by atomic mass is 35.5. The van der Waals surface area contributed by atoms with Gasteiger partial charge in [0, 0.05) is 13.2 Å². The van der Waals surface area contributed by atoms with Gasteiger partial charge in [0.25, 0.3) is 5.56 Å². The number of alkyl halides is 3. The molecule has 0 saturated heterocycles. The lowest BCUT2D eigenvalue weighted by Gasteiger charge is -2.11. The standard InChI is InChI=1S/C12H17ClF3N3O2/c1-2-3-5-21-6-4-17-9-7-18-19(8-12(14,15)16)11(20)10(9)13/h7,17H,2-6,8H2,1H3. The summed E-state index contributed by atoms with van der Waals surface area (Å²) in [5, 5.41) is 5.94. The Kier molecular flexibility index (Phi) is 6.97. The average Bonchev–Trinajstić information content (AvgIpc) is 2.40. The highest BCUT2D eigenvalue weighted by Crippen LogP contribution is 2.18. The van der Waals surface area contributed by atoms with Crippen molar-refractivity contribution < 1.29 is 17.9 Å². The summed E-state index contributed by atoms with van der Waals surface area (Å²) < 4.78 is 42.3. The molecule has 5 nitrogen and oxygen atoms in total. The SMILES string of the molecule is CCCCOCCNc1cnn(CC(F)(F)F)c(=O)c1Cl. The number of anilines is 1. The number of unbranched alkanes of at least 4 members (excludes halogenated alkanes) is 1. The molecule has 0 amide bonds. The van der Waals surface area contributed by atoms with Crippen LogP contribution in [0.2, 0.25) is 5.02 Å². The zero-order valence-electron chi connectivity index (χ0n) is 11.5. The molecule has 0 fully saturated rings. The van der Waals surface area contributed by atoms with Gasteiger partial charge in [-0.1, -0.05) is 24.9 Å². The van der Waals surface area contributed by atoms with Gasteiger partial charge in [-0.05, 0) is 6.42 Å². The van der Waals surface area contributed by atoms with Crippen molar-refractivity contribution >= 4 is 17.3 Å². The Balaban J connectivity index is 2.57. The molecule has 120 valence electrons. The molecule has 1 rings (SSSR count). The van der Waals surface area contributed by atoms with Crippen LogP contribution in [0.25, 0.3) is 0 Å². The van der Waals surface area contributed by atoms with Crippen LogP contribution in [-0.2, 0) is 11.3 Å². The van der Waals surface area contributed by atoms with Crippen LogP contribution < -0.4 is 10.9 Å². The largest absolute Gasteiger partial charge is 0.408 e. The summed E-state index contributed by atoms with van der Waals surface area (Å²) >= 11 is 5.75. The Labute approximate surface area is 125 Å². The minimum atomic E-state index is -4.53. The summed E-state index contributed by atoms with van der Waals surface area (Å²) in [6.07, 6.45) is -1.44. The molecule has 0 spiro atoms. The molecule has 1 aromatic heterocycles. The molecular weight excluding hydrogens is 311 g/mol. The molecule has 21 heavy (non-hydrogen) atoms. The normalized spacial score (nSPS) is 11.7. The Morgan fingerprint density at radius 1 is 1.43 bits per heavy atom. The fourth-order valence-corrected chi connectivity index (χ4v) is 1.69. The summed E-state index contributed by atoms with van der Waals surface area (Å²) in [6.45, 7) is 2.00. The van der Waals surface area contributed by atoms with E-state index in [1.165, 1.54) is 0 Å². The van der Waals surface area contributed by atoms with Crippen LogP contribution in [0, 0.1) is 0 Å². The van der Waals surface area contributed by atoms with E-state index in [0.29, 0.717) is 19.8 Å². The zero-order valence-corrected chi connectivity index (χ0v) is 12.3. The number of nitrogens with zero attached hydrogens (tertiary/aromatic N) is 2. The van der Waals surface area contributed by atoms with Gasteiger partial charge in [0.1, 0.15) is 11.6 Å². The lowest BCUT2D eigenvalue weighted by atomic mass is 10.4. The van der Waals surface area contributed by atoms with Crippen LogP contribution in [-0.4, -0.2) is 35.7 Å². The molecule has 0 saturated carbocycles. The Hall–Kier alpha value is -1.28. The second-order valence-corrected chi connectivity index (χ2v) is 4.72. The average molecular weight is 328 g/mol. The molecule has 1 heterocycles. The first kappa shape index (κ1) is 17.8. The van der Waals surface area contributed by atoms with Gasteiger partial charge in [-0.2, -0.15) is 18.3 Å². The molecule has 0 aliphatic rings. The molecule has 0 radical (unpaired) electrons. The Bertz CT molecular complexity index is 506. The molecule has 1 aromatic rings.